The largest absolute Gasteiger partial charge is 0.418 e. The third-order valence-corrected chi connectivity index (χ3v) is 4.79. The number of hydrogen-bond acceptors (Lipinski definition) is 7. The van der Waals surface area contributed by atoms with Crippen molar-refractivity contribution in [3.05, 3.63) is 0 Å². The summed E-state index contributed by atoms with van der Waals surface area (Å²) in [6.07, 6.45) is 1.11. The van der Waals surface area contributed by atoms with Crippen LogP contribution in [0.2, 0.25) is 0 Å². The second-order valence-corrected chi connectivity index (χ2v) is 7.20. The predicted molar refractivity (Wildman–Crippen MR) is 80.2 cm³/mol. The Morgan fingerprint density at radius 1 is 1.42 bits per heavy atom. The minimum absolute atomic E-state index is 0.0900. The van der Waals surface area contributed by atoms with Gasteiger partial charge in [-0.3, -0.25) is 14.8 Å². The zero-order valence-corrected chi connectivity index (χ0v) is 13.6. The maximum Gasteiger partial charge on any atom is 0.418 e. The molecule has 134 valence electrons. The lowest BCUT2D eigenvalue weighted by Gasteiger charge is -2.31. The van der Waals surface area contributed by atoms with Crippen molar-refractivity contribution in [3.63, 3.8) is 0 Å². The molecule has 3 amide bonds. The molecular formula is C12H19N5O6S. The summed E-state index contributed by atoms with van der Waals surface area (Å²) in [5.74, 6) is -0.0975. The van der Waals surface area contributed by atoms with Crippen molar-refractivity contribution in [2.45, 2.75) is 31.3 Å². The van der Waals surface area contributed by atoms with Gasteiger partial charge in [-0.15, -0.1) is 4.28 Å². The molecule has 0 aromatic heterocycles. The number of nitrogens with zero attached hydrogens (tertiary/aromatic N) is 2. The molecule has 2 bridgehead atoms. The van der Waals surface area contributed by atoms with Crippen LogP contribution in [0.1, 0.15) is 19.3 Å². The second-order valence-electron chi connectivity index (χ2n) is 6.20. The molecule has 3 saturated heterocycles. The SMILES string of the molecule is N=C(NC(=O)CC1CNC1)[C@@H]1CC[C@@H]2CN1C(=O)N2OS(=O)(=O)O. The molecule has 3 aliphatic heterocycles. The highest BCUT2D eigenvalue weighted by Gasteiger charge is 2.48. The van der Waals surface area contributed by atoms with Crippen LogP contribution in [0.25, 0.3) is 0 Å². The number of amides is 3. The van der Waals surface area contributed by atoms with Gasteiger partial charge in [-0.2, -0.15) is 13.5 Å². The van der Waals surface area contributed by atoms with E-state index in [2.05, 4.69) is 14.9 Å². The smallest absolute Gasteiger partial charge is 0.316 e. The summed E-state index contributed by atoms with van der Waals surface area (Å²) in [7, 11) is -4.80. The van der Waals surface area contributed by atoms with Gasteiger partial charge in [-0.05, 0) is 31.8 Å². The van der Waals surface area contributed by atoms with Crippen LogP contribution in [0, 0.1) is 11.3 Å². The third kappa shape index (κ3) is 3.50. The molecule has 0 aliphatic carbocycles. The van der Waals surface area contributed by atoms with Crippen LogP contribution < -0.4 is 10.6 Å². The highest BCUT2D eigenvalue weighted by atomic mass is 32.3. The van der Waals surface area contributed by atoms with Crippen LogP contribution in [0.4, 0.5) is 4.79 Å². The zero-order valence-electron chi connectivity index (χ0n) is 12.8. The summed E-state index contributed by atoms with van der Waals surface area (Å²) in [4.78, 5) is 25.4. The number of urea groups is 1. The Bertz CT molecular complexity index is 663. The van der Waals surface area contributed by atoms with Crippen molar-refractivity contribution in [2.24, 2.45) is 5.92 Å². The van der Waals surface area contributed by atoms with Crippen molar-refractivity contribution in [3.8, 4) is 0 Å². The van der Waals surface area contributed by atoms with Crippen LogP contribution in [-0.2, 0) is 19.5 Å². The Labute approximate surface area is 138 Å². The van der Waals surface area contributed by atoms with E-state index in [9.17, 15) is 18.0 Å². The van der Waals surface area contributed by atoms with Crippen molar-refractivity contribution >= 4 is 28.2 Å². The maximum absolute atomic E-state index is 12.2. The van der Waals surface area contributed by atoms with Crippen LogP contribution in [-0.4, -0.2) is 72.4 Å². The summed E-state index contributed by atoms with van der Waals surface area (Å²) in [5.41, 5.74) is 0. The molecule has 0 aromatic rings. The molecule has 0 unspecified atom stereocenters. The number of carbonyl (C=O) groups is 2. The molecule has 12 heteroatoms. The predicted octanol–water partition coefficient (Wildman–Crippen LogP) is -1.31. The van der Waals surface area contributed by atoms with Gasteiger partial charge in [-0.1, -0.05) is 0 Å². The van der Waals surface area contributed by atoms with Crippen molar-refractivity contribution < 1.29 is 26.8 Å². The van der Waals surface area contributed by atoms with Crippen molar-refractivity contribution in [1.82, 2.24) is 20.6 Å². The average molecular weight is 361 g/mol. The third-order valence-electron chi connectivity index (χ3n) is 4.44. The van der Waals surface area contributed by atoms with E-state index in [1.807, 2.05) is 0 Å². The highest BCUT2D eigenvalue weighted by Crippen LogP contribution is 2.30. The van der Waals surface area contributed by atoms with Crippen LogP contribution in [0.15, 0.2) is 0 Å². The zero-order chi connectivity index (χ0) is 17.5. The summed E-state index contributed by atoms with van der Waals surface area (Å²) in [6, 6.07) is -1.91. The van der Waals surface area contributed by atoms with Crippen LogP contribution in [0.3, 0.4) is 0 Å². The molecule has 3 aliphatic rings. The van der Waals surface area contributed by atoms with E-state index in [4.69, 9.17) is 9.96 Å². The summed E-state index contributed by atoms with van der Waals surface area (Å²) in [5, 5.41) is 14.2. The molecule has 24 heavy (non-hydrogen) atoms. The van der Waals surface area contributed by atoms with Crippen LogP contribution in [0.5, 0.6) is 0 Å². The normalized spacial score (nSPS) is 27.1. The van der Waals surface area contributed by atoms with Crippen LogP contribution >= 0.6 is 0 Å². The van der Waals surface area contributed by atoms with E-state index in [-0.39, 0.29) is 24.2 Å². The molecule has 3 fully saturated rings. The first-order valence-electron chi connectivity index (χ1n) is 7.60. The Kier molecular flexibility index (Phi) is 4.46. The molecule has 0 aromatic carbocycles. The standard InChI is InChI=1S/C12H19N5O6S/c13-11(15-10(18)3-7-4-14-5-7)9-2-1-8-6-16(9)12(19)17(8)23-24(20,21)22/h7-9,14H,1-6H2,(H2,13,15,18)(H,20,21,22)/t8-,9+/m1/s1. The highest BCUT2D eigenvalue weighted by molar-refractivity contribution is 7.80. The second kappa shape index (κ2) is 6.27. The van der Waals surface area contributed by atoms with E-state index in [0.29, 0.717) is 24.3 Å². The van der Waals surface area contributed by atoms with Crippen molar-refractivity contribution in [1.29, 1.82) is 5.41 Å². The topological polar surface area (TPSA) is 152 Å². The molecule has 3 heterocycles. The lowest BCUT2D eigenvalue weighted by atomic mass is 9.98. The Hall–Kier alpha value is -1.76. The molecule has 3 rings (SSSR count). The number of nitrogens with one attached hydrogen (secondary N) is 3. The van der Waals surface area contributed by atoms with Gasteiger partial charge in [0.05, 0.1) is 12.1 Å². The van der Waals surface area contributed by atoms with Gasteiger partial charge in [0.15, 0.2) is 0 Å². The summed E-state index contributed by atoms with van der Waals surface area (Å²) in [6.45, 7) is 1.72. The lowest BCUT2D eigenvalue weighted by Crippen LogP contribution is -2.52. The Morgan fingerprint density at radius 3 is 2.71 bits per heavy atom. The number of amidine groups is 1. The minimum Gasteiger partial charge on any atom is -0.316 e. The first-order chi connectivity index (χ1) is 11.2. The number of hydrogen-bond donors (Lipinski definition) is 4. The average Bonchev–Trinajstić information content (AvgIpc) is 2.67. The molecule has 0 spiro atoms. The van der Waals surface area contributed by atoms with E-state index in [1.54, 1.807) is 0 Å². The Morgan fingerprint density at radius 2 is 2.12 bits per heavy atom. The van der Waals surface area contributed by atoms with E-state index < -0.39 is 28.5 Å². The first kappa shape index (κ1) is 17.1. The van der Waals surface area contributed by atoms with Gasteiger partial charge in [0.25, 0.3) is 0 Å². The molecular weight excluding hydrogens is 342 g/mol. The quantitative estimate of drug-likeness (QED) is 0.269. The molecule has 0 saturated carbocycles. The van der Waals surface area contributed by atoms with Gasteiger partial charge in [0, 0.05) is 13.0 Å². The lowest BCUT2D eigenvalue weighted by molar-refractivity contribution is -0.121. The van der Waals surface area contributed by atoms with E-state index in [0.717, 1.165) is 13.1 Å². The summed E-state index contributed by atoms with van der Waals surface area (Å²) < 4.78 is 34.7. The van der Waals surface area contributed by atoms with Gasteiger partial charge < -0.3 is 15.5 Å². The van der Waals surface area contributed by atoms with Gasteiger partial charge in [-0.25, -0.2) is 4.79 Å². The Balaban J connectivity index is 1.60. The van der Waals surface area contributed by atoms with Gasteiger partial charge >= 0.3 is 16.4 Å². The number of hydroxylamine groups is 2. The van der Waals surface area contributed by atoms with Crippen molar-refractivity contribution in [2.75, 3.05) is 19.6 Å². The monoisotopic (exact) mass is 361 g/mol. The number of rotatable bonds is 5. The number of fused-ring (bicyclic) bond motifs is 2. The fourth-order valence-corrected chi connectivity index (χ4v) is 3.56. The maximum atomic E-state index is 12.2. The minimum atomic E-state index is -4.80. The molecule has 4 N–H and O–H groups in total. The fourth-order valence-electron chi connectivity index (χ4n) is 3.17. The van der Waals surface area contributed by atoms with E-state index >= 15 is 0 Å². The summed E-state index contributed by atoms with van der Waals surface area (Å²) >= 11 is 0. The molecule has 0 radical (unpaired) electrons. The first-order valence-corrected chi connectivity index (χ1v) is 8.97. The number of piperidine rings is 1. The van der Waals surface area contributed by atoms with Gasteiger partial charge in [0.1, 0.15) is 5.84 Å². The molecule has 2 atom stereocenters. The number of carbonyl (C=O) groups excluding carboxylic acids is 2. The van der Waals surface area contributed by atoms with Gasteiger partial charge in [0.2, 0.25) is 5.91 Å². The fraction of sp³-hybridized carbons (Fsp3) is 0.750. The molecule has 11 nitrogen and oxygen atoms in total. The van der Waals surface area contributed by atoms with E-state index in [1.165, 1.54) is 4.90 Å².